The van der Waals surface area contributed by atoms with Gasteiger partial charge in [-0.25, -0.2) is 4.98 Å². The monoisotopic (exact) mass is 404 g/mol. The highest BCUT2D eigenvalue weighted by Crippen LogP contribution is 2.33. The maximum absolute atomic E-state index is 5.97. The summed E-state index contributed by atoms with van der Waals surface area (Å²) >= 11 is 0. The van der Waals surface area contributed by atoms with Gasteiger partial charge in [0, 0.05) is 16.3 Å². The zero-order chi connectivity index (χ0) is 20.9. The fraction of sp³-hybridized carbons (Fsp3) is 0.154. The number of rotatable bonds is 2. The van der Waals surface area contributed by atoms with Gasteiger partial charge in [0.2, 0.25) is 0 Å². The van der Waals surface area contributed by atoms with E-state index in [-0.39, 0.29) is 19.3 Å². The highest BCUT2D eigenvalue weighted by molar-refractivity contribution is 6.62. The molecular weight excluding hydrogens is 383 g/mol. The van der Waals surface area contributed by atoms with Gasteiger partial charge in [-0.2, -0.15) is 0 Å². The van der Waals surface area contributed by atoms with E-state index < -0.39 is 0 Å². The van der Waals surface area contributed by atoms with Crippen molar-refractivity contribution >= 4 is 45.2 Å². The molecule has 1 aliphatic heterocycles. The molecule has 2 unspecified atom stereocenters. The van der Waals surface area contributed by atoms with Gasteiger partial charge in [0.1, 0.15) is 0 Å². The van der Waals surface area contributed by atoms with Crippen LogP contribution in [0.1, 0.15) is 13.8 Å². The molecule has 0 N–H and O–H groups in total. The molecule has 4 aromatic carbocycles. The van der Waals surface area contributed by atoms with E-state index in [1.807, 2.05) is 32.2 Å². The zero-order valence-corrected chi connectivity index (χ0v) is 17.4. The second-order valence-corrected chi connectivity index (χ2v) is 8.18. The van der Waals surface area contributed by atoms with E-state index in [1.165, 1.54) is 10.8 Å². The van der Waals surface area contributed by atoms with Gasteiger partial charge in [-0.1, -0.05) is 72.8 Å². The van der Waals surface area contributed by atoms with Crippen LogP contribution in [0.4, 0.5) is 0 Å². The van der Waals surface area contributed by atoms with Gasteiger partial charge in [-0.15, -0.1) is 0 Å². The average Bonchev–Trinajstić information content (AvgIpc) is 3.17. The Balaban J connectivity index is 1.53. The van der Waals surface area contributed by atoms with Crippen LogP contribution in [0.25, 0.3) is 43.8 Å². The van der Waals surface area contributed by atoms with Gasteiger partial charge in [-0.3, -0.25) is 4.98 Å². The molecule has 1 aliphatic rings. The largest absolute Gasteiger partial charge is 0.494 e. The fourth-order valence-electron chi connectivity index (χ4n) is 4.41. The van der Waals surface area contributed by atoms with Crippen LogP contribution in [0.3, 0.4) is 0 Å². The molecule has 2 heterocycles. The van der Waals surface area contributed by atoms with Gasteiger partial charge >= 0.3 is 7.12 Å². The Morgan fingerprint density at radius 2 is 1.32 bits per heavy atom. The molecule has 6 rings (SSSR count). The van der Waals surface area contributed by atoms with Crippen LogP contribution in [-0.2, 0) is 9.31 Å². The van der Waals surface area contributed by atoms with Crippen molar-refractivity contribution in [1.82, 2.24) is 9.97 Å². The van der Waals surface area contributed by atoms with Gasteiger partial charge in [0.25, 0.3) is 0 Å². The first-order chi connectivity index (χ1) is 15.2. The maximum atomic E-state index is 5.97. The molecule has 4 nitrogen and oxygen atoms in total. The lowest BCUT2D eigenvalue weighted by atomic mass is 9.78. The zero-order valence-electron chi connectivity index (χ0n) is 17.4. The first kappa shape index (κ1) is 18.5. The first-order valence-electron chi connectivity index (χ1n) is 10.7. The molecule has 5 aromatic rings. The van der Waals surface area contributed by atoms with Crippen LogP contribution in [0.2, 0.25) is 0 Å². The second kappa shape index (κ2) is 7.15. The molecular formula is C26H21BN2O2. The molecule has 0 radical (unpaired) electrons. The maximum Gasteiger partial charge on any atom is 0.494 e. The van der Waals surface area contributed by atoms with Crippen molar-refractivity contribution in [3.05, 3.63) is 79.0 Å². The van der Waals surface area contributed by atoms with Crippen molar-refractivity contribution in [1.29, 1.82) is 0 Å². The smallest absolute Gasteiger partial charge is 0.402 e. The molecule has 0 aliphatic carbocycles. The molecule has 31 heavy (non-hydrogen) atoms. The van der Waals surface area contributed by atoms with E-state index in [2.05, 4.69) is 60.7 Å². The highest BCUT2D eigenvalue weighted by atomic mass is 16.7. The van der Waals surface area contributed by atoms with Crippen molar-refractivity contribution in [2.45, 2.75) is 26.1 Å². The van der Waals surface area contributed by atoms with Crippen molar-refractivity contribution in [3.63, 3.8) is 0 Å². The minimum absolute atomic E-state index is 0.0776. The summed E-state index contributed by atoms with van der Waals surface area (Å²) in [5.74, 6) is 0. The summed E-state index contributed by atoms with van der Waals surface area (Å²) in [6, 6.07) is 25.0. The summed E-state index contributed by atoms with van der Waals surface area (Å²) in [5.41, 5.74) is 4.70. The Hall–Kier alpha value is -3.28. The third-order valence-electron chi connectivity index (χ3n) is 6.22. The van der Waals surface area contributed by atoms with E-state index in [1.54, 1.807) is 0 Å². The molecule has 2 atom stereocenters. The number of hydrogen-bond donors (Lipinski definition) is 0. The summed E-state index contributed by atoms with van der Waals surface area (Å²) in [5, 5.41) is 4.64. The molecule has 150 valence electrons. The quantitative estimate of drug-likeness (QED) is 0.303. The Labute approximate surface area is 181 Å². The summed E-state index contributed by atoms with van der Waals surface area (Å²) < 4.78 is 11.9. The molecule has 1 fully saturated rings. The van der Waals surface area contributed by atoms with Crippen LogP contribution < -0.4 is 5.46 Å². The number of fused-ring (bicyclic) bond motifs is 6. The normalized spacial score (nSPS) is 19.0. The van der Waals surface area contributed by atoms with Crippen LogP contribution in [0.15, 0.2) is 79.0 Å². The van der Waals surface area contributed by atoms with Gasteiger partial charge in [-0.05, 0) is 30.1 Å². The molecule has 0 amide bonds. The number of aromatic nitrogens is 2. The molecule has 0 bridgehead atoms. The summed E-state index contributed by atoms with van der Waals surface area (Å²) in [4.78, 5) is 9.94. The molecule has 0 spiro atoms. The minimum atomic E-state index is -0.344. The van der Waals surface area contributed by atoms with Crippen molar-refractivity contribution in [3.8, 4) is 11.3 Å². The number of nitrogens with zero attached hydrogens (tertiary/aromatic N) is 2. The fourth-order valence-corrected chi connectivity index (χ4v) is 4.41. The Bertz CT molecular complexity index is 1410. The standard InChI is InChI=1S/C26H21BN2O2/c1-16-17(2)31-27(30-16)19-9-7-8-18(14-19)24-15-28-25-22-12-5-3-10-20(22)21-11-4-6-13-23(21)26(25)29-24/h3-17H,1-2H3. The van der Waals surface area contributed by atoms with Crippen LogP contribution in [0, 0.1) is 0 Å². The van der Waals surface area contributed by atoms with Gasteiger partial charge < -0.3 is 9.31 Å². The second-order valence-electron chi connectivity index (χ2n) is 8.18. The molecule has 0 saturated carbocycles. The van der Waals surface area contributed by atoms with E-state index in [0.717, 1.165) is 38.5 Å². The lowest BCUT2D eigenvalue weighted by Gasteiger charge is -2.11. The Morgan fingerprint density at radius 1 is 0.710 bits per heavy atom. The van der Waals surface area contributed by atoms with Crippen molar-refractivity contribution < 1.29 is 9.31 Å². The Morgan fingerprint density at radius 3 is 2.00 bits per heavy atom. The number of benzene rings is 4. The van der Waals surface area contributed by atoms with Gasteiger partial charge in [0.05, 0.1) is 35.1 Å². The number of hydrogen-bond acceptors (Lipinski definition) is 4. The van der Waals surface area contributed by atoms with Crippen LogP contribution in [-0.4, -0.2) is 29.3 Å². The molecule has 5 heteroatoms. The predicted molar refractivity (Wildman–Crippen MR) is 126 cm³/mol. The summed E-state index contributed by atoms with van der Waals surface area (Å²) in [6.45, 7) is 4.08. The van der Waals surface area contributed by atoms with Crippen molar-refractivity contribution in [2.75, 3.05) is 0 Å². The minimum Gasteiger partial charge on any atom is -0.402 e. The van der Waals surface area contributed by atoms with Crippen molar-refractivity contribution in [2.24, 2.45) is 0 Å². The SMILES string of the molecule is CC1OB(c2cccc(-c3cnc4c5ccccc5c5ccccc5c4n3)c2)OC1C. The lowest BCUT2D eigenvalue weighted by Crippen LogP contribution is -2.32. The molecule has 1 aromatic heterocycles. The third-order valence-corrected chi connectivity index (χ3v) is 6.22. The van der Waals surface area contributed by atoms with E-state index in [4.69, 9.17) is 19.3 Å². The van der Waals surface area contributed by atoms with E-state index in [9.17, 15) is 0 Å². The predicted octanol–water partition coefficient (Wildman–Crippen LogP) is 5.12. The van der Waals surface area contributed by atoms with E-state index >= 15 is 0 Å². The topological polar surface area (TPSA) is 44.2 Å². The summed E-state index contributed by atoms with van der Waals surface area (Å²) in [7, 11) is -0.344. The van der Waals surface area contributed by atoms with Crippen LogP contribution in [0.5, 0.6) is 0 Å². The molecule has 1 saturated heterocycles. The lowest BCUT2D eigenvalue weighted by molar-refractivity contribution is 0.187. The highest BCUT2D eigenvalue weighted by Gasteiger charge is 2.36. The third kappa shape index (κ3) is 3.01. The van der Waals surface area contributed by atoms with Gasteiger partial charge in [0.15, 0.2) is 0 Å². The Kier molecular flexibility index (Phi) is 4.27. The first-order valence-corrected chi connectivity index (χ1v) is 10.7. The summed E-state index contributed by atoms with van der Waals surface area (Å²) in [6.07, 6.45) is 2.02. The van der Waals surface area contributed by atoms with E-state index in [0.29, 0.717) is 0 Å². The van der Waals surface area contributed by atoms with Crippen LogP contribution >= 0.6 is 0 Å². The average molecular weight is 404 g/mol.